The lowest BCUT2D eigenvalue weighted by atomic mass is 9.88. The standard InChI is InChI=1S/C11H21NO3/c1-7(2)10-8(3)9(5-14-10)6-15-11(13)12-4/h7-10H,5-6H2,1-4H3,(H,12,13)/t8-,9-,10?/m0/s1. The highest BCUT2D eigenvalue weighted by Crippen LogP contribution is 2.31. The zero-order chi connectivity index (χ0) is 11.4. The largest absolute Gasteiger partial charge is 0.449 e. The first-order valence-corrected chi connectivity index (χ1v) is 5.52. The number of hydrogen-bond donors (Lipinski definition) is 1. The van der Waals surface area contributed by atoms with Crippen molar-refractivity contribution in [3.8, 4) is 0 Å². The maximum atomic E-state index is 10.9. The number of amides is 1. The van der Waals surface area contributed by atoms with E-state index in [-0.39, 0.29) is 6.09 Å². The third-order valence-corrected chi connectivity index (χ3v) is 3.05. The van der Waals surface area contributed by atoms with Crippen LogP contribution in [-0.4, -0.2) is 32.5 Å². The molecule has 0 aromatic heterocycles. The predicted molar refractivity (Wildman–Crippen MR) is 57.6 cm³/mol. The Hall–Kier alpha value is -0.770. The highest BCUT2D eigenvalue weighted by atomic mass is 16.6. The molecule has 0 saturated carbocycles. The van der Waals surface area contributed by atoms with Gasteiger partial charge in [0.15, 0.2) is 0 Å². The average molecular weight is 215 g/mol. The van der Waals surface area contributed by atoms with Gasteiger partial charge in [-0.25, -0.2) is 4.79 Å². The minimum absolute atomic E-state index is 0.295. The van der Waals surface area contributed by atoms with Gasteiger partial charge < -0.3 is 14.8 Å². The van der Waals surface area contributed by atoms with Gasteiger partial charge in [0.25, 0.3) is 0 Å². The molecule has 0 aromatic carbocycles. The number of hydrogen-bond acceptors (Lipinski definition) is 3. The Morgan fingerprint density at radius 3 is 2.73 bits per heavy atom. The molecule has 0 radical (unpaired) electrons. The quantitative estimate of drug-likeness (QED) is 0.778. The van der Waals surface area contributed by atoms with E-state index in [0.29, 0.717) is 37.1 Å². The first-order valence-electron chi connectivity index (χ1n) is 5.52. The van der Waals surface area contributed by atoms with Gasteiger partial charge in [-0.05, 0) is 11.8 Å². The van der Waals surface area contributed by atoms with Gasteiger partial charge in [-0.15, -0.1) is 0 Å². The molecule has 4 nitrogen and oxygen atoms in total. The average Bonchev–Trinajstić information content (AvgIpc) is 2.56. The maximum absolute atomic E-state index is 10.9. The number of alkyl carbamates (subject to hydrolysis) is 1. The maximum Gasteiger partial charge on any atom is 0.406 e. The summed E-state index contributed by atoms with van der Waals surface area (Å²) in [6, 6.07) is 0. The second-order valence-corrected chi connectivity index (χ2v) is 4.51. The second kappa shape index (κ2) is 5.35. The zero-order valence-electron chi connectivity index (χ0n) is 9.95. The fraction of sp³-hybridized carbons (Fsp3) is 0.909. The Balaban J connectivity index is 2.36. The van der Waals surface area contributed by atoms with E-state index in [1.807, 2.05) is 0 Å². The molecule has 1 fully saturated rings. The van der Waals surface area contributed by atoms with Gasteiger partial charge in [0.1, 0.15) is 0 Å². The molecule has 15 heavy (non-hydrogen) atoms. The van der Waals surface area contributed by atoms with Crippen molar-refractivity contribution in [1.29, 1.82) is 0 Å². The summed E-state index contributed by atoms with van der Waals surface area (Å²) < 4.78 is 10.7. The second-order valence-electron chi connectivity index (χ2n) is 4.51. The summed E-state index contributed by atoms with van der Waals surface area (Å²) in [7, 11) is 1.56. The Morgan fingerprint density at radius 1 is 1.60 bits per heavy atom. The molecule has 0 aromatic rings. The summed E-state index contributed by atoms with van der Waals surface area (Å²) in [5, 5.41) is 2.44. The molecule has 0 aliphatic carbocycles. The molecule has 1 saturated heterocycles. The molecule has 0 spiro atoms. The first kappa shape index (κ1) is 12.3. The molecule has 1 heterocycles. The number of carbonyl (C=O) groups is 1. The van der Waals surface area contributed by atoms with Crippen LogP contribution in [0.15, 0.2) is 0 Å². The third-order valence-electron chi connectivity index (χ3n) is 3.05. The smallest absolute Gasteiger partial charge is 0.406 e. The molecule has 1 amide bonds. The van der Waals surface area contributed by atoms with Crippen LogP contribution in [0.5, 0.6) is 0 Å². The van der Waals surface area contributed by atoms with Gasteiger partial charge in [0.2, 0.25) is 0 Å². The molecular formula is C11H21NO3. The van der Waals surface area contributed by atoms with E-state index in [9.17, 15) is 4.79 Å². The van der Waals surface area contributed by atoms with Crippen LogP contribution in [0.25, 0.3) is 0 Å². The van der Waals surface area contributed by atoms with Gasteiger partial charge in [-0.3, -0.25) is 0 Å². The molecule has 1 N–H and O–H groups in total. The first-order chi connectivity index (χ1) is 7.06. The normalized spacial score (nSPS) is 30.6. The van der Waals surface area contributed by atoms with Crippen LogP contribution in [0, 0.1) is 17.8 Å². The lowest BCUT2D eigenvalue weighted by Crippen LogP contribution is -2.27. The van der Waals surface area contributed by atoms with Crippen molar-refractivity contribution in [3.63, 3.8) is 0 Å². The van der Waals surface area contributed by atoms with Gasteiger partial charge in [0, 0.05) is 13.0 Å². The predicted octanol–water partition coefficient (Wildman–Crippen LogP) is 1.65. The van der Waals surface area contributed by atoms with Crippen molar-refractivity contribution in [1.82, 2.24) is 5.32 Å². The zero-order valence-corrected chi connectivity index (χ0v) is 9.95. The van der Waals surface area contributed by atoms with Gasteiger partial charge in [-0.1, -0.05) is 20.8 Å². The summed E-state index contributed by atoms with van der Waals surface area (Å²) in [4.78, 5) is 10.9. The number of carbonyl (C=O) groups excluding carboxylic acids is 1. The van der Waals surface area contributed by atoms with E-state index in [1.165, 1.54) is 0 Å². The monoisotopic (exact) mass is 215 g/mol. The molecule has 1 aliphatic rings. The van der Waals surface area contributed by atoms with Crippen LogP contribution < -0.4 is 5.32 Å². The molecule has 0 bridgehead atoms. The lowest BCUT2D eigenvalue weighted by Gasteiger charge is -2.21. The highest BCUT2D eigenvalue weighted by molar-refractivity contribution is 5.66. The Bertz CT molecular complexity index is 218. The molecule has 1 rings (SSSR count). The van der Waals surface area contributed by atoms with Gasteiger partial charge in [-0.2, -0.15) is 0 Å². The number of nitrogens with one attached hydrogen (secondary N) is 1. The number of rotatable bonds is 3. The van der Waals surface area contributed by atoms with Crippen LogP contribution in [0.3, 0.4) is 0 Å². The van der Waals surface area contributed by atoms with Crippen molar-refractivity contribution >= 4 is 6.09 Å². The SMILES string of the molecule is CNC(=O)OC[C@@H]1COC(C(C)C)[C@H]1C. The molecule has 4 heteroatoms. The van der Waals surface area contributed by atoms with E-state index in [1.54, 1.807) is 7.05 Å². The van der Waals surface area contributed by atoms with Crippen LogP contribution in [0.4, 0.5) is 4.79 Å². The summed E-state index contributed by atoms with van der Waals surface area (Å²) in [5.74, 6) is 1.30. The van der Waals surface area contributed by atoms with E-state index >= 15 is 0 Å². The Labute approximate surface area is 91.3 Å². The summed E-state index contributed by atoms with van der Waals surface area (Å²) in [6.45, 7) is 7.62. The van der Waals surface area contributed by atoms with Crippen LogP contribution in [0.2, 0.25) is 0 Å². The minimum atomic E-state index is -0.366. The summed E-state index contributed by atoms with van der Waals surface area (Å²) in [6.07, 6.45) is -0.0708. The Morgan fingerprint density at radius 2 is 2.27 bits per heavy atom. The fourth-order valence-electron chi connectivity index (χ4n) is 2.06. The number of ether oxygens (including phenoxy) is 2. The summed E-state index contributed by atoms with van der Waals surface area (Å²) in [5.41, 5.74) is 0. The topological polar surface area (TPSA) is 47.6 Å². The van der Waals surface area contributed by atoms with Crippen molar-refractivity contribution in [2.45, 2.75) is 26.9 Å². The van der Waals surface area contributed by atoms with Crippen LogP contribution in [0.1, 0.15) is 20.8 Å². The molecule has 1 aliphatic heterocycles. The molecule has 1 unspecified atom stereocenters. The van der Waals surface area contributed by atoms with Crippen molar-refractivity contribution in [3.05, 3.63) is 0 Å². The molecule has 3 atom stereocenters. The minimum Gasteiger partial charge on any atom is -0.449 e. The molecule has 88 valence electrons. The fourth-order valence-corrected chi connectivity index (χ4v) is 2.06. The molecular weight excluding hydrogens is 194 g/mol. The van der Waals surface area contributed by atoms with E-state index in [0.717, 1.165) is 0 Å². The lowest BCUT2D eigenvalue weighted by molar-refractivity contribution is 0.0568. The van der Waals surface area contributed by atoms with Crippen LogP contribution >= 0.6 is 0 Å². The van der Waals surface area contributed by atoms with E-state index < -0.39 is 0 Å². The van der Waals surface area contributed by atoms with E-state index in [2.05, 4.69) is 26.1 Å². The summed E-state index contributed by atoms with van der Waals surface area (Å²) >= 11 is 0. The van der Waals surface area contributed by atoms with Gasteiger partial charge in [0.05, 0.1) is 19.3 Å². The van der Waals surface area contributed by atoms with Crippen molar-refractivity contribution in [2.24, 2.45) is 17.8 Å². The highest BCUT2D eigenvalue weighted by Gasteiger charge is 2.36. The third kappa shape index (κ3) is 3.09. The van der Waals surface area contributed by atoms with Gasteiger partial charge >= 0.3 is 6.09 Å². The van der Waals surface area contributed by atoms with Crippen LogP contribution in [-0.2, 0) is 9.47 Å². The van der Waals surface area contributed by atoms with E-state index in [4.69, 9.17) is 9.47 Å². The Kier molecular flexibility index (Phi) is 4.39. The van der Waals surface area contributed by atoms with Crippen molar-refractivity contribution < 1.29 is 14.3 Å². The van der Waals surface area contributed by atoms with Crippen molar-refractivity contribution in [2.75, 3.05) is 20.3 Å².